The number of rotatable bonds is 6. The molecule has 0 radical (unpaired) electrons. The average molecular weight is 356 g/mol. The third kappa shape index (κ3) is 5.30. The van der Waals surface area contributed by atoms with Crippen LogP contribution in [0.5, 0.6) is 0 Å². The highest BCUT2D eigenvalue weighted by Gasteiger charge is 2.11. The first-order valence-electron chi connectivity index (χ1n) is 6.86. The van der Waals surface area contributed by atoms with E-state index >= 15 is 0 Å². The summed E-state index contributed by atoms with van der Waals surface area (Å²) < 4.78 is 12.9. The molecule has 5 nitrogen and oxygen atoms in total. The molecule has 0 aliphatic carbocycles. The molecule has 0 atom stereocenters. The molecule has 2 rings (SSSR count). The SMILES string of the molecule is Cc1csc(CNC(=O)CCNC(=O)c2ccc(F)cc2Cl)n1. The summed E-state index contributed by atoms with van der Waals surface area (Å²) in [6, 6.07) is 3.53. The number of halogens is 2. The molecule has 1 aromatic carbocycles. The second kappa shape index (κ2) is 8.03. The van der Waals surface area contributed by atoms with Crippen molar-refractivity contribution in [1.29, 1.82) is 0 Å². The second-order valence-electron chi connectivity index (χ2n) is 4.79. The van der Waals surface area contributed by atoms with Crippen LogP contribution in [0, 0.1) is 12.7 Å². The molecule has 0 aliphatic rings. The standard InChI is InChI=1S/C15H15ClFN3O2S/c1-9-8-23-14(20-9)7-19-13(21)4-5-18-15(22)11-3-2-10(17)6-12(11)16/h2-3,6,8H,4-5,7H2,1H3,(H,18,22)(H,19,21). The van der Waals surface area contributed by atoms with Gasteiger partial charge in [0.05, 0.1) is 17.1 Å². The van der Waals surface area contributed by atoms with Crippen molar-refractivity contribution in [3.8, 4) is 0 Å². The largest absolute Gasteiger partial charge is 0.351 e. The van der Waals surface area contributed by atoms with Crippen molar-refractivity contribution in [3.05, 3.63) is 50.7 Å². The van der Waals surface area contributed by atoms with E-state index < -0.39 is 11.7 Å². The minimum Gasteiger partial charge on any atom is -0.351 e. The van der Waals surface area contributed by atoms with Gasteiger partial charge in [0.15, 0.2) is 0 Å². The Balaban J connectivity index is 1.73. The topological polar surface area (TPSA) is 71.1 Å². The van der Waals surface area contributed by atoms with E-state index in [0.717, 1.165) is 22.8 Å². The smallest absolute Gasteiger partial charge is 0.252 e. The zero-order valence-corrected chi connectivity index (χ0v) is 13.9. The first-order valence-corrected chi connectivity index (χ1v) is 8.12. The zero-order valence-electron chi connectivity index (χ0n) is 12.4. The van der Waals surface area contributed by atoms with Crippen LogP contribution in [-0.2, 0) is 11.3 Å². The van der Waals surface area contributed by atoms with Crippen molar-refractivity contribution in [2.45, 2.75) is 19.9 Å². The van der Waals surface area contributed by atoms with Crippen LogP contribution in [0.25, 0.3) is 0 Å². The van der Waals surface area contributed by atoms with Gasteiger partial charge in [0.2, 0.25) is 5.91 Å². The van der Waals surface area contributed by atoms with E-state index in [1.165, 1.54) is 17.4 Å². The zero-order chi connectivity index (χ0) is 16.8. The Kier molecular flexibility index (Phi) is 6.06. The lowest BCUT2D eigenvalue weighted by Gasteiger charge is -2.07. The molecule has 0 spiro atoms. The third-order valence-corrected chi connectivity index (χ3v) is 4.20. The van der Waals surface area contributed by atoms with Gasteiger partial charge < -0.3 is 10.6 Å². The number of benzene rings is 1. The van der Waals surface area contributed by atoms with E-state index in [2.05, 4.69) is 15.6 Å². The monoisotopic (exact) mass is 355 g/mol. The van der Waals surface area contributed by atoms with Gasteiger partial charge in [0, 0.05) is 24.0 Å². The van der Waals surface area contributed by atoms with Crippen LogP contribution < -0.4 is 10.6 Å². The lowest BCUT2D eigenvalue weighted by molar-refractivity contribution is -0.121. The van der Waals surface area contributed by atoms with Crippen LogP contribution in [0.1, 0.15) is 27.5 Å². The highest BCUT2D eigenvalue weighted by atomic mass is 35.5. The maximum atomic E-state index is 12.9. The van der Waals surface area contributed by atoms with E-state index in [1.807, 2.05) is 12.3 Å². The van der Waals surface area contributed by atoms with Crippen molar-refractivity contribution < 1.29 is 14.0 Å². The number of aromatic nitrogens is 1. The quantitative estimate of drug-likeness (QED) is 0.836. The van der Waals surface area contributed by atoms with E-state index in [9.17, 15) is 14.0 Å². The lowest BCUT2D eigenvalue weighted by atomic mass is 10.2. The summed E-state index contributed by atoms with van der Waals surface area (Å²) in [5.41, 5.74) is 1.09. The fraction of sp³-hybridized carbons (Fsp3) is 0.267. The van der Waals surface area contributed by atoms with Gasteiger partial charge in [-0.3, -0.25) is 9.59 Å². The van der Waals surface area contributed by atoms with Crippen LogP contribution in [0.15, 0.2) is 23.6 Å². The van der Waals surface area contributed by atoms with Crippen LogP contribution in [0.4, 0.5) is 4.39 Å². The number of hydrogen-bond donors (Lipinski definition) is 2. The summed E-state index contributed by atoms with van der Waals surface area (Å²) in [6.45, 7) is 2.42. The Morgan fingerprint density at radius 2 is 2.13 bits per heavy atom. The molecule has 2 N–H and O–H groups in total. The second-order valence-corrected chi connectivity index (χ2v) is 6.14. The highest BCUT2D eigenvalue weighted by Crippen LogP contribution is 2.16. The van der Waals surface area contributed by atoms with Crippen molar-refractivity contribution in [1.82, 2.24) is 15.6 Å². The number of nitrogens with zero attached hydrogens (tertiary/aromatic N) is 1. The summed E-state index contributed by atoms with van der Waals surface area (Å²) in [5, 5.41) is 8.08. The Labute approximate surface area is 141 Å². The Morgan fingerprint density at radius 3 is 2.78 bits per heavy atom. The summed E-state index contributed by atoms with van der Waals surface area (Å²) in [7, 11) is 0. The van der Waals surface area contributed by atoms with Gasteiger partial charge in [-0.15, -0.1) is 11.3 Å². The molecule has 0 aliphatic heterocycles. The Bertz CT molecular complexity index is 720. The summed E-state index contributed by atoms with van der Waals surface area (Å²) >= 11 is 7.28. The molecule has 122 valence electrons. The van der Waals surface area contributed by atoms with Crippen molar-refractivity contribution in [2.24, 2.45) is 0 Å². The van der Waals surface area contributed by atoms with Gasteiger partial charge in [-0.25, -0.2) is 9.37 Å². The Hall–Kier alpha value is -1.99. The van der Waals surface area contributed by atoms with Crippen LogP contribution in [0.3, 0.4) is 0 Å². The number of carbonyl (C=O) groups excluding carboxylic acids is 2. The fourth-order valence-electron chi connectivity index (χ4n) is 1.80. The molecule has 23 heavy (non-hydrogen) atoms. The highest BCUT2D eigenvalue weighted by molar-refractivity contribution is 7.09. The third-order valence-electron chi connectivity index (χ3n) is 2.92. The molecule has 0 saturated carbocycles. The van der Waals surface area contributed by atoms with Crippen LogP contribution in [0.2, 0.25) is 5.02 Å². The van der Waals surface area contributed by atoms with Gasteiger partial charge in [0.1, 0.15) is 10.8 Å². The van der Waals surface area contributed by atoms with E-state index in [4.69, 9.17) is 11.6 Å². The molecular weight excluding hydrogens is 341 g/mol. The first kappa shape index (κ1) is 17.4. The van der Waals surface area contributed by atoms with Crippen molar-refractivity contribution in [2.75, 3.05) is 6.54 Å². The molecule has 0 saturated heterocycles. The van der Waals surface area contributed by atoms with Crippen LogP contribution >= 0.6 is 22.9 Å². The summed E-state index contributed by atoms with van der Waals surface area (Å²) in [6.07, 6.45) is 0.134. The first-order chi connectivity index (χ1) is 11.0. The minimum atomic E-state index is -0.511. The molecule has 0 fully saturated rings. The van der Waals surface area contributed by atoms with E-state index in [0.29, 0.717) is 6.54 Å². The number of hydrogen-bond acceptors (Lipinski definition) is 4. The number of amides is 2. The number of carbonyl (C=O) groups is 2. The van der Waals surface area contributed by atoms with E-state index in [1.54, 1.807) is 0 Å². The van der Waals surface area contributed by atoms with Gasteiger partial charge in [-0.1, -0.05) is 11.6 Å². The average Bonchev–Trinajstić information content (AvgIpc) is 2.90. The normalized spacial score (nSPS) is 10.4. The summed E-state index contributed by atoms with van der Waals surface area (Å²) in [5.74, 6) is -1.15. The molecule has 0 unspecified atom stereocenters. The molecule has 2 amide bonds. The van der Waals surface area contributed by atoms with Gasteiger partial charge in [-0.2, -0.15) is 0 Å². The molecule has 2 aromatic rings. The molecule has 1 heterocycles. The fourth-order valence-corrected chi connectivity index (χ4v) is 2.77. The number of nitrogens with one attached hydrogen (secondary N) is 2. The van der Waals surface area contributed by atoms with Crippen molar-refractivity contribution >= 4 is 34.8 Å². The summed E-state index contributed by atoms with van der Waals surface area (Å²) in [4.78, 5) is 27.8. The maximum absolute atomic E-state index is 12.9. The maximum Gasteiger partial charge on any atom is 0.252 e. The molecule has 8 heteroatoms. The number of aryl methyl sites for hydroxylation is 1. The number of thiazole rings is 1. The Morgan fingerprint density at radius 1 is 1.35 bits per heavy atom. The van der Waals surface area contributed by atoms with Crippen LogP contribution in [-0.4, -0.2) is 23.3 Å². The van der Waals surface area contributed by atoms with Gasteiger partial charge >= 0.3 is 0 Å². The lowest BCUT2D eigenvalue weighted by Crippen LogP contribution is -2.30. The van der Waals surface area contributed by atoms with Gasteiger partial charge in [0.25, 0.3) is 5.91 Å². The minimum absolute atomic E-state index is 0.0334. The predicted octanol–water partition coefficient (Wildman–Crippen LogP) is 2.68. The van der Waals surface area contributed by atoms with Crippen molar-refractivity contribution in [3.63, 3.8) is 0 Å². The van der Waals surface area contributed by atoms with Gasteiger partial charge in [-0.05, 0) is 25.1 Å². The van der Waals surface area contributed by atoms with E-state index in [-0.39, 0.29) is 29.5 Å². The molecular formula is C15H15ClFN3O2S. The molecule has 1 aromatic heterocycles. The predicted molar refractivity (Wildman–Crippen MR) is 87.1 cm³/mol. The molecule has 0 bridgehead atoms.